The Hall–Kier alpha value is -2.38. The minimum absolute atomic E-state index is 0.0632. The van der Waals surface area contributed by atoms with Crippen LogP contribution in [0.3, 0.4) is 0 Å². The van der Waals surface area contributed by atoms with E-state index in [1.807, 2.05) is 0 Å². The van der Waals surface area contributed by atoms with Crippen molar-refractivity contribution in [1.82, 2.24) is 15.2 Å². The van der Waals surface area contributed by atoms with Gasteiger partial charge in [0.1, 0.15) is 23.6 Å². The van der Waals surface area contributed by atoms with Crippen LogP contribution in [0.2, 0.25) is 0 Å². The third-order valence-electron chi connectivity index (χ3n) is 4.77. The third kappa shape index (κ3) is 5.81. The number of amides is 2. The molecule has 1 aliphatic carbocycles. The highest BCUT2D eigenvalue weighted by Gasteiger charge is 2.41. The van der Waals surface area contributed by atoms with Gasteiger partial charge in [-0.05, 0) is 45.6 Å². The molecular weight excluding hydrogens is 365 g/mol. The van der Waals surface area contributed by atoms with Crippen LogP contribution in [0, 0.1) is 11.7 Å². The average molecular weight is 393 g/mol. The van der Waals surface area contributed by atoms with Crippen LogP contribution in [0.15, 0.2) is 18.3 Å². The Labute approximate surface area is 164 Å². The van der Waals surface area contributed by atoms with E-state index in [0.29, 0.717) is 31.8 Å². The number of piperidine rings is 1. The molecule has 0 aromatic carbocycles. The Morgan fingerprint density at radius 2 is 1.89 bits per heavy atom. The van der Waals surface area contributed by atoms with E-state index in [-0.39, 0.29) is 17.9 Å². The van der Waals surface area contributed by atoms with Crippen molar-refractivity contribution >= 4 is 12.0 Å². The first kappa shape index (κ1) is 20.4. The van der Waals surface area contributed by atoms with Crippen molar-refractivity contribution in [2.75, 3.05) is 13.1 Å². The first-order valence-corrected chi connectivity index (χ1v) is 9.78. The summed E-state index contributed by atoms with van der Waals surface area (Å²) in [7, 11) is 0. The summed E-state index contributed by atoms with van der Waals surface area (Å²) in [5, 5.41) is 2.76. The molecule has 1 saturated carbocycles. The molecule has 1 aliphatic heterocycles. The quantitative estimate of drug-likeness (QED) is 0.832. The molecule has 2 fully saturated rings. The molecule has 0 unspecified atom stereocenters. The van der Waals surface area contributed by atoms with Crippen LogP contribution in [-0.2, 0) is 9.53 Å². The molecule has 1 atom stereocenters. The zero-order valence-electron chi connectivity index (χ0n) is 16.6. The van der Waals surface area contributed by atoms with Gasteiger partial charge in [0.05, 0.1) is 6.20 Å². The molecule has 1 aromatic rings. The lowest BCUT2D eigenvalue weighted by Crippen LogP contribution is -2.53. The SMILES string of the molecule is CC(C)(C)OC(=O)N[C@H](C(=O)N1CCC(Oc2ccc(F)cn2)CC1)C1CC1. The molecule has 0 radical (unpaired) electrons. The van der Waals surface area contributed by atoms with Crippen LogP contribution >= 0.6 is 0 Å². The second kappa shape index (κ2) is 8.32. The van der Waals surface area contributed by atoms with Gasteiger partial charge >= 0.3 is 6.09 Å². The van der Waals surface area contributed by atoms with Gasteiger partial charge in [0.25, 0.3) is 0 Å². The Morgan fingerprint density at radius 3 is 2.43 bits per heavy atom. The van der Waals surface area contributed by atoms with E-state index in [2.05, 4.69) is 10.3 Å². The summed E-state index contributed by atoms with van der Waals surface area (Å²) in [6, 6.07) is 2.27. The number of likely N-dealkylation sites (tertiary alicyclic amines) is 1. The van der Waals surface area contributed by atoms with E-state index in [1.54, 1.807) is 25.7 Å². The predicted molar refractivity (Wildman–Crippen MR) is 100 cm³/mol. The van der Waals surface area contributed by atoms with Gasteiger partial charge in [-0.25, -0.2) is 14.2 Å². The average Bonchev–Trinajstić information content (AvgIpc) is 3.45. The van der Waals surface area contributed by atoms with Gasteiger partial charge in [0.15, 0.2) is 0 Å². The number of hydrogen-bond acceptors (Lipinski definition) is 5. The summed E-state index contributed by atoms with van der Waals surface area (Å²) in [6.07, 6.45) is 3.68. The van der Waals surface area contributed by atoms with E-state index in [4.69, 9.17) is 9.47 Å². The summed E-state index contributed by atoms with van der Waals surface area (Å²) < 4.78 is 24.0. The van der Waals surface area contributed by atoms with E-state index in [9.17, 15) is 14.0 Å². The molecule has 1 saturated heterocycles. The van der Waals surface area contributed by atoms with E-state index in [0.717, 1.165) is 19.0 Å². The van der Waals surface area contributed by atoms with Crippen LogP contribution < -0.4 is 10.1 Å². The maximum atomic E-state index is 12.9. The monoisotopic (exact) mass is 393 g/mol. The number of carbonyl (C=O) groups excluding carboxylic acids is 2. The summed E-state index contributed by atoms with van der Waals surface area (Å²) in [6.45, 7) is 6.47. The molecular formula is C20H28FN3O4. The van der Waals surface area contributed by atoms with Crippen molar-refractivity contribution in [3.8, 4) is 5.88 Å². The number of halogens is 1. The number of rotatable bonds is 5. The first-order chi connectivity index (χ1) is 13.2. The molecule has 1 N–H and O–H groups in total. The number of nitrogens with one attached hydrogen (secondary N) is 1. The van der Waals surface area contributed by atoms with E-state index in [1.165, 1.54) is 12.1 Å². The van der Waals surface area contributed by atoms with Crippen LogP contribution in [-0.4, -0.2) is 52.7 Å². The smallest absolute Gasteiger partial charge is 0.408 e. The van der Waals surface area contributed by atoms with Gasteiger partial charge in [0.2, 0.25) is 11.8 Å². The minimum atomic E-state index is -0.606. The van der Waals surface area contributed by atoms with Crippen molar-refractivity contribution in [1.29, 1.82) is 0 Å². The van der Waals surface area contributed by atoms with Gasteiger partial charge in [-0.2, -0.15) is 0 Å². The van der Waals surface area contributed by atoms with Crippen molar-refractivity contribution < 1.29 is 23.5 Å². The number of carbonyl (C=O) groups is 2. The zero-order chi connectivity index (χ0) is 20.3. The molecule has 3 rings (SSSR count). The van der Waals surface area contributed by atoms with Crippen LogP contribution in [0.25, 0.3) is 0 Å². The van der Waals surface area contributed by atoms with Crippen LogP contribution in [0.1, 0.15) is 46.5 Å². The van der Waals surface area contributed by atoms with E-state index >= 15 is 0 Å². The van der Waals surface area contributed by atoms with Crippen molar-refractivity contribution in [2.24, 2.45) is 5.92 Å². The number of alkyl carbamates (subject to hydrolysis) is 1. The molecule has 8 heteroatoms. The highest BCUT2D eigenvalue weighted by atomic mass is 19.1. The highest BCUT2D eigenvalue weighted by Crippen LogP contribution is 2.34. The fourth-order valence-corrected chi connectivity index (χ4v) is 3.24. The summed E-state index contributed by atoms with van der Waals surface area (Å²) in [5.41, 5.74) is -0.606. The first-order valence-electron chi connectivity index (χ1n) is 9.78. The van der Waals surface area contributed by atoms with Crippen LogP contribution in [0.4, 0.5) is 9.18 Å². The number of hydrogen-bond donors (Lipinski definition) is 1. The summed E-state index contributed by atoms with van der Waals surface area (Å²) in [5.74, 6) is 0.0918. The highest BCUT2D eigenvalue weighted by molar-refractivity contribution is 5.86. The topological polar surface area (TPSA) is 80.8 Å². The van der Waals surface area contributed by atoms with Crippen molar-refractivity contribution in [2.45, 2.75) is 64.2 Å². The van der Waals surface area contributed by atoms with Crippen LogP contribution in [0.5, 0.6) is 5.88 Å². The Bertz CT molecular complexity index is 692. The van der Waals surface area contributed by atoms with E-state index < -0.39 is 23.6 Å². The fraction of sp³-hybridized carbons (Fsp3) is 0.650. The fourth-order valence-electron chi connectivity index (χ4n) is 3.24. The largest absolute Gasteiger partial charge is 0.474 e. The molecule has 28 heavy (non-hydrogen) atoms. The number of nitrogens with zero attached hydrogens (tertiary/aromatic N) is 2. The van der Waals surface area contributed by atoms with Gasteiger partial charge in [0, 0.05) is 32.0 Å². The molecule has 0 bridgehead atoms. The summed E-state index contributed by atoms with van der Waals surface area (Å²) >= 11 is 0. The molecule has 7 nitrogen and oxygen atoms in total. The second-order valence-electron chi connectivity index (χ2n) is 8.42. The lowest BCUT2D eigenvalue weighted by molar-refractivity contribution is -0.135. The Morgan fingerprint density at radius 1 is 1.21 bits per heavy atom. The lowest BCUT2D eigenvalue weighted by Gasteiger charge is -2.34. The van der Waals surface area contributed by atoms with Gasteiger partial charge in [-0.15, -0.1) is 0 Å². The molecule has 154 valence electrons. The molecule has 2 heterocycles. The lowest BCUT2D eigenvalue weighted by atomic mass is 10.0. The molecule has 2 aliphatic rings. The number of ether oxygens (including phenoxy) is 2. The second-order valence-corrected chi connectivity index (χ2v) is 8.42. The van der Waals surface area contributed by atoms with Crippen molar-refractivity contribution in [3.05, 3.63) is 24.1 Å². The normalized spacial score (nSPS) is 19.1. The standard InChI is InChI=1S/C20H28FN3O4/c1-20(2,3)28-19(26)23-17(13-4-5-13)18(25)24-10-8-15(9-11-24)27-16-7-6-14(21)12-22-16/h6-7,12-13,15,17H,4-5,8-11H2,1-3H3,(H,23,26)/t17-/m0/s1. The number of aromatic nitrogens is 1. The maximum Gasteiger partial charge on any atom is 0.408 e. The summed E-state index contributed by atoms with van der Waals surface area (Å²) in [4.78, 5) is 30.7. The maximum absolute atomic E-state index is 12.9. The van der Waals surface area contributed by atoms with Gasteiger partial charge in [-0.1, -0.05) is 0 Å². The van der Waals surface area contributed by atoms with Gasteiger partial charge < -0.3 is 19.7 Å². The minimum Gasteiger partial charge on any atom is -0.474 e. The number of pyridine rings is 1. The van der Waals surface area contributed by atoms with Gasteiger partial charge in [-0.3, -0.25) is 4.79 Å². The molecule has 0 spiro atoms. The predicted octanol–water partition coefficient (Wildman–Crippen LogP) is 2.89. The zero-order valence-corrected chi connectivity index (χ0v) is 16.6. The third-order valence-corrected chi connectivity index (χ3v) is 4.77. The molecule has 1 aromatic heterocycles. The molecule has 2 amide bonds. The Balaban J connectivity index is 1.51. The Kier molecular flexibility index (Phi) is 6.05. The van der Waals surface area contributed by atoms with Crippen molar-refractivity contribution in [3.63, 3.8) is 0 Å².